The topological polar surface area (TPSA) is 75.5 Å². The minimum Gasteiger partial charge on any atom is -0.457 e. The molecule has 0 bridgehead atoms. The highest BCUT2D eigenvalue weighted by molar-refractivity contribution is 5.83. The van der Waals surface area contributed by atoms with Crippen molar-refractivity contribution in [1.82, 2.24) is 24.3 Å². The first-order chi connectivity index (χ1) is 19.0. The van der Waals surface area contributed by atoms with Crippen molar-refractivity contribution < 1.29 is 27.1 Å². The van der Waals surface area contributed by atoms with Crippen LogP contribution in [-0.2, 0) is 24.4 Å². The number of anilines is 2. The molecule has 3 heterocycles. The van der Waals surface area contributed by atoms with E-state index >= 15 is 0 Å². The number of aryl methyl sites for hydroxylation is 1. The number of carbonyl (C=O) groups is 1. The van der Waals surface area contributed by atoms with Crippen molar-refractivity contribution in [1.29, 1.82) is 0 Å². The Hall–Kier alpha value is -4.03. The molecule has 1 fully saturated rings. The number of halogens is 4. The summed E-state index contributed by atoms with van der Waals surface area (Å²) in [6.07, 6.45) is -2.82. The third kappa shape index (κ3) is 6.40. The average Bonchev–Trinajstić information content (AvgIpc) is 3.20. The van der Waals surface area contributed by atoms with E-state index in [1.165, 1.54) is 0 Å². The van der Waals surface area contributed by atoms with Crippen molar-refractivity contribution in [2.24, 2.45) is 7.05 Å². The van der Waals surface area contributed by atoms with Gasteiger partial charge in [0, 0.05) is 51.6 Å². The molecule has 0 radical (unpaired) electrons. The molecule has 1 saturated heterocycles. The van der Waals surface area contributed by atoms with Gasteiger partial charge in [0.15, 0.2) is 5.78 Å². The summed E-state index contributed by atoms with van der Waals surface area (Å²) in [5, 5.41) is 2.66. The highest BCUT2D eigenvalue weighted by Gasteiger charge is 2.31. The summed E-state index contributed by atoms with van der Waals surface area (Å²) in [6.45, 7) is 3.99. The van der Waals surface area contributed by atoms with Crippen LogP contribution in [-0.4, -0.2) is 69.9 Å². The van der Waals surface area contributed by atoms with Crippen molar-refractivity contribution in [2.45, 2.75) is 12.6 Å². The number of Topliss-reactive ketones (excluding diaryl/α,β-unsaturated/α-hetero) is 1. The van der Waals surface area contributed by atoms with Gasteiger partial charge >= 0.3 is 6.18 Å². The van der Waals surface area contributed by atoms with Gasteiger partial charge in [0.2, 0.25) is 5.95 Å². The van der Waals surface area contributed by atoms with E-state index in [4.69, 9.17) is 4.74 Å². The highest BCUT2D eigenvalue weighted by atomic mass is 19.4. The van der Waals surface area contributed by atoms with Gasteiger partial charge in [0.05, 0.1) is 40.9 Å². The van der Waals surface area contributed by atoms with Crippen molar-refractivity contribution in [3.8, 4) is 11.5 Å². The Labute approximate surface area is 228 Å². The Morgan fingerprint density at radius 2 is 1.75 bits per heavy atom. The molecule has 1 N–H and O–H groups in total. The van der Waals surface area contributed by atoms with Crippen LogP contribution in [0.3, 0.4) is 0 Å². The largest absolute Gasteiger partial charge is 0.457 e. The number of benzene rings is 2. The number of ketones is 1. The number of hydrogen-bond donors (Lipinski definition) is 1. The maximum absolute atomic E-state index is 14.3. The number of rotatable bonds is 8. The molecule has 8 nitrogen and oxygen atoms in total. The summed E-state index contributed by atoms with van der Waals surface area (Å²) in [6, 6.07) is 10.7. The normalized spacial score (nSPS) is 14.9. The molecule has 210 valence electrons. The minimum atomic E-state index is -4.60. The highest BCUT2D eigenvalue weighted by Crippen LogP contribution is 2.33. The third-order valence-corrected chi connectivity index (χ3v) is 6.79. The standard InChI is InChI=1S/C28H28F4N6O2/c1-36-9-11-38(12-10-36)17-20(39)14-19-15-22(7-8-33-19)40-21-4-6-26-25(16-21)35-27(37(26)2)34-24-13-18(28(30,31)32)3-5-23(24)29/h3-8,13,15-16H,9-12,14,17H2,1-2H3,(H,34,35). The number of piperazine rings is 1. The molecule has 0 unspecified atom stereocenters. The SMILES string of the molecule is CN1CCN(CC(=O)Cc2cc(Oc3ccc4c(c3)nc(Nc3cc(C(F)(F)F)ccc3F)n4C)ccn2)CC1. The Kier molecular flexibility index (Phi) is 7.72. The van der Waals surface area contributed by atoms with Gasteiger partial charge in [0.1, 0.15) is 17.3 Å². The summed E-state index contributed by atoms with van der Waals surface area (Å²) in [4.78, 5) is 25.7. The van der Waals surface area contributed by atoms with Crippen molar-refractivity contribution in [2.75, 3.05) is 45.1 Å². The zero-order valence-corrected chi connectivity index (χ0v) is 22.0. The zero-order chi connectivity index (χ0) is 28.4. The van der Waals surface area contributed by atoms with Gasteiger partial charge in [-0.15, -0.1) is 0 Å². The fraction of sp³-hybridized carbons (Fsp3) is 0.321. The van der Waals surface area contributed by atoms with Gasteiger partial charge in [-0.3, -0.25) is 14.7 Å². The number of nitrogens with zero attached hydrogens (tertiary/aromatic N) is 5. The van der Waals surface area contributed by atoms with Crippen LogP contribution in [0.1, 0.15) is 11.3 Å². The van der Waals surface area contributed by atoms with E-state index in [1.54, 1.807) is 48.1 Å². The molecule has 2 aromatic carbocycles. The van der Waals surface area contributed by atoms with E-state index in [1.807, 2.05) is 0 Å². The second-order valence-corrected chi connectivity index (χ2v) is 9.84. The molecule has 5 rings (SSSR count). The van der Waals surface area contributed by atoms with Crippen LogP contribution < -0.4 is 10.1 Å². The van der Waals surface area contributed by atoms with Gasteiger partial charge in [-0.05, 0) is 43.4 Å². The molecular weight excluding hydrogens is 528 g/mol. The van der Waals surface area contributed by atoms with E-state index in [-0.39, 0.29) is 23.8 Å². The lowest BCUT2D eigenvalue weighted by Crippen LogP contribution is -2.46. The third-order valence-electron chi connectivity index (χ3n) is 6.79. The van der Waals surface area contributed by atoms with Gasteiger partial charge in [-0.2, -0.15) is 13.2 Å². The Balaban J connectivity index is 1.28. The summed E-state index contributed by atoms with van der Waals surface area (Å²) in [5.74, 6) is 0.372. The lowest BCUT2D eigenvalue weighted by Gasteiger charge is -2.31. The lowest BCUT2D eigenvalue weighted by molar-refractivity contribution is -0.137. The fourth-order valence-electron chi connectivity index (χ4n) is 4.54. The number of ether oxygens (including phenoxy) is 1. The van der Waals surface area contributed by atoms with Crippen LogP contribution >= 0.6 is 0 Å². The minimum absolute atomic E-state index is 0.0846. The number of hydrogen-bond acceptors (Lipinski definition) is 7. The van der Waals surface area contributed by atoms with Gasteiger partial charge in [-0.25, -0.2) is 9.37 Å². The molecule has 0 aliphatic carbocycles. The summed E-state index contributed by atoms with van der Waals surface area (Å²) in [5.41, 5.74) is 0.448. The van der Waals surface area contributed by atoms with Crippen LogP contribution in [0.15, 0.2) is 54.7 Å². The van der Waals surface area contributed by atoms with Crippen LogP contribution in [0.25, 0.3) is 11.0 Å². The maximum atomic E-state index is 14.3. The van der Waals surface area contributed by atoms with E-state index in [0.29, 0.717) is 46.9 Å². The van der Waals surface area contributed by atoms with E-state index in [9.17, 15) is 22.4 Å². The second-order valence-electron chi connectivity index (χ2n) is 9.84. The molecule has 0 saturated carbocycles. The quantitative estimate of drug-likeness (QED) is 0.306. The molecule has 0 amide bonds. The maximum Gasteiger partial charge on any atom is 0.416 e. The van der Waals surface area contributed by atoms with Crippen LogP contribution in [0.5, 0.6) is 11.5 Å². The Morgan fingerprint density at radius 3 is 2.50 bits per heavy atom. The van der Waals surface area contributed by atoms with Crippen LogP contribution in [0.4, 0.5) is 29.2 Å². The van der Waals surface area contributed by atoms with Gasteiger partial charge in [-0.1, -0.05) is 0 Å². The average molecular weight is 557 g/mol. The summed E-state index contributed by atoms with van der Waals surface area (Å²) >= 11 is 0. The fourth-order valence-corrected chi connectivity index (χ4v) is 4.54. The smallest absolute Gasteiger partial charge is 0.416 e. The van der Waals surface area contributed by atoms with Crippen molar-refractivity contribution in [3.63, 3.8) is 0 Å². The number of aromatic nitrogens is 3. The monoisotopic (exact) mass is 556 g/mol. The molecular formula is C28H28F4N6O2. The van der Waals surface area contributed by atoms with Gasteiger partial charge < -0.3 is 19.5 Å². The Bertz CT molecular complexity index is 1530. The number of imidazole rings is 1. The van der Waals surface area contributed by atoms with Crippen LogP contribution in [0.2, 0.25) is 0 Å². The molecule has 1 aliphatic heterocycles. The first kappa shape index (κ1) is 27.5. The molecule has 0 spiro atoms. The van der Waals surface area contributed by atoms with Crippen molar-refractivity contribution >= 4 is 28.5 Å². The number of alkyl halides is 3. The van der Waals surface area contributed by atoms with Crippen molar-refractivity contribution in [3.05, 3.63) is 71.8 Å². The van der Waals surface area contributed by atoms with Gasteiger partial charge in [0.25, 0.3) is 0 Å². The van der Waals surface area contributed by atoms with Crippen LogP contribution in [0, 0.1) is 5.82 Å². The summed E-state index contributed by atoms with van der Waals surface area (Å²) < 4.78 is 61.1. The molecule has 12 heteroatoms. The number of nitrogens with one attached hydrogen (secondary N) is 1. The lowest BCUT2D eigenvalue weighted by atomic mass is 10.2. The second kappa shape index (κ2) is 11.2. The molecule has 2 aromatic heterocycles. The van der Waals surface area contributed by atoms with E-state index < -0.39 is 17.6 Å². The molecule has 0 atom stereocenters. The number of pyridine rings is 1. The first-order valence-electron chi connectivity index (χ1n) is 12.7. The molecule has 4 aromatic rings. The predicted octanol–water partition coefficient (Wildman–Crippen LogP) is 5.02. The molecule has 40 heavy (non-hydrogen) atoms. The predicted molar refractivity (Wildman–Crippen MR) is 142 cm³/mol. The zero-order valence-electron chi connectivity index (χ0n) is 22.0. The number of carbonyl (C=O) groups excluding carboxylic acids is 1. The van der Waals surface area contributed by atoms with E-state index in [2.05, 4.69) is 32.1 Å². The number of fused-ring (bicyclic) bond motifs is 1. The summed E-state index contributed by atoms with van der Waals surface area (Å²) in [7, 11) is 3.73. The van der Waals surface area contributed by atoms with E-state index in [0.717, 1.165) is 32.2 Å². The first-order valence-corrected chi connectivity index (χ1v) is 12.7. The number of likely N-dealkylation sites (N-methyl/N-ethyl adjacent to an activating group) is 1. The molecule has 1 aliphatic rings. The Morgan fingerprint density at radius 1 is 1.00 bits per heavy atom.